The van der Waals surface area contributed by atoms with E-state index in [2.05, 4.69) is 15.3 Å². The first-order valence-electron chi connectivity index (χ1n) is 7.01. The van der Waals surface area contributed by atoms with Crippen LogP contribution in [0, 0.1) is 0 Å². The average Bonchev–Trinajstić information content (AvgIpc) is 3.31. The van der Waals surface area contributed by atoms with Gasteiger partial charge in [0, 0.05) is 25.8 Å². The number of nitrogens with zero attached hydrogens (tertiary/aromatic N) is 2. The minimum Gasteiger partial charge on any atom is -0.376 e. The Morgan fingerprint density at radius 2 is 2.21 bits per heavy atom. The Balaban J connectivity index is 1.62. The van der Waals surface area contributed by atoms with Crippen molar-refractivity contribution in [3.8, 4) is 0 Å². The fraction of sp³-hybridized carbons (Fsp3) is 0.714. The maximum absolute atomic E-state index is 5.77. The van der Waals surface area contributed by atoms with Gasteiger partial charge in [0.1, 0.15) is 11.6 Å². The number of aromatic nitrogens is 2. The van der Waals surface area contributed by atoms with Gasteiger partial charge in [-0.25, -0.2) is 9.97 Å². The van der Waals surface area contributed by atoms with Crippen LogP contribution in [0.3, 0.4) is 0 Å². The van der Waals surface area contributed by atoms with Gasteiger partial charge in [0.15, 0.2) is 0 Å². The van der Waals surface area contributed by atoms with Gasteiger partial charge in [-0.2, -0.15) is 11.8 Å². The molecule has 1 saturated heterocycles. The highest BCUT2D eigenvalue weighted by molar-refractivity contribution is 7.99. The molecule has 0 aromatic carbocycles. The van der Waals surface area contributed by atoms with Crippen molar-refractivity contribution in [1.82, 2.24) is 9.97 Å². The molecule has 1 aromatic rings. The van der Waals surface area contributed by atoms with E-state index in [1.165, 1.54) is 24.3 Å². The zero-order chi connectivity index (χ0) is 13.1. The van der Waals surface area contributed by atoms with Crippen LogP contribution >= 0.6 is 11.8 Å². The first kappa shape index (κ1) is 13.2. The molecular weight excluding hydrogens is 258 g/mol. The van der Waals surface area contributed by atoms with Crippen LogP contribution in [0.2, 0.25) is 0 Å². The van der Waals surface area contributed by atoms with Gasteiger partial charge in [0.2, 0.25) is 0 Å². The molecule has 3 rings (SSSR count). The van der Waals surface area contributed by atoms with E-state index in [4.69, 9.17) is 4.74 Å². The van der Waals surface area contributed by atoms with E-state index in [1.807, 2.05) is 31.1 Å². The van der Waals surface area contributed by atoms with Crippen LogP contribution < -0.4 is 5.32 Å². The topological polar surface area (TPSA) is 47.0 Å². The predicted molar refractivity (Wildman–Crippen MR) is 78.8 cm³/mol. The standard InChI is InChI=1S/C14H21N3OS/c1-18-14(5-8-19-9-6-14)10-16-12-4-7-15-13(17-12)11-2-3-11/h4,7,11H,2-3,5-6,8-10H2,1H3,(H,15,16,17). The van der Waals surface area contributed by atoms with Gasteiger partial charge in [-0.05, 0) is 43.3 Å². The molecule has 4 nitrogen and oxygen atoms in total. The number of anilines is 1. The second-order valence-corrected chi connectivity index (χ2v) is 6.65. The van der Waals surface area contributed by atoms with E-state index in [9.17, 15) is 0 Å². The molecule has 1 aromatic heterocycles. The quantitative estimate of drug-likeness (QED) is 0.898. The first-order valence-corrected chi connectivity index (χ1v) is 8.16. The zero-order valence-electron chi connectivity index (χ0n) is 11.4. The largest absolute Gasteiger partial charge is 0.376 e. The molecule has 0 atom stereocenters. The Hall–Kier alpha value is -0.810. The number of hydrogen-bond donors (Lipinski definition) is 1. The Morgan fingerprint density at radius 3 is 2.89 bits per heavy atom. The molecule has 1 aliphatic heterocycles. The van der Waals surface area contributed by atoms with Crippen molar-refractivity contribution in [1.29, 1.82) is 0 Å². The maximum Gasteiger partial charge on any atom is 0.133 e. The third-order valence-electron chi connectivity index (χ3n) is 4.05. The summed E-state index contributed by atoms with van der Waals surface area (Å²) in [5, 5.41) is 3.44. The van der Waals surface area contributed by atoms with Crippen molar-refractivity contribution in [2.24, 2.45) is 0 Å². The van der Waals surface area contributed by atoms with Crippen molar-refractivity contribution >= 4 is 17.6 Å². The summed E-state index contributed by atoms with van der Waals surface area (Å²) in [6.07, 6.45) is 6.56. The molecule has 0 radical (unpaired) electrons. The van der Waals surface area contributed by atoms with Gasteiger partial charge in [-0.3, -0.25) is 0 Å². The van der Waals surface area contributed by atoms with E-state index >= 15 is 0 Å². The maximum atomic E-state index is 5.77. The molecular formula is C14H21N3OS. The highest BCUT2D eigenvalue weighted by Crippen LogP contribution is 2.38. The second kappa shape index (κ2) is 5.67. The average molecular weight is 279 g/mol. The first-order chi connectivity index (χ1) is 9.31. The number of nitrogens with one attached hydrogen (secondary N) is 1. The number of rotatable bonds is 5. The molecule has 0 amide bonds. The molecule has 1 saturated carbocycles. The number of methoxy groups -OCH3 is 1. The van der Waals surface area contributed by atoms with Gasteiger partial charge in [0.05, 0.1) is 5.60 Å². The van der Waals surface area contributed by atoms with Crippen LogP contribution in [0.1, 0.15) is 37.4 Å². The third-order valence-corrected chi connectivity index (χ3v) is 5.03. The van der Waals surface area contributed by atoms with Crippen LogP contribution in [-0.2, 0) is 4.74 Å². The zero-order valence-corrected chi connectivity index (χ0v) is 12.2. The number of ether oxygens (including phenoxy) is 1. The third kappa shape index (κ3) is 3.20. The minimum atomic E-state index is -0.0179. The van der Waals surface area contributed by atoms with E-state index in [1.54, 1.807) is 0 Å². The Labute approximate surface area is 118 Å². The lowest BCUT2D eigenvalue weighted by molar-refractivity contribution is -0.00554. The highest BCUT2D eigenvalue weighted by atomic mass is 32.2. The number of thioether (sulfide) groups is 1. The van der Waals surface area contributed by atoms with Gasteiger partial charge < -0.3 is 10.1 Å². The van der Waals surface area contributed by atoms with Gasteiger partial charge >= 0.3 is 0 Å². The normalized spacial score (nSPS) is 22.2. The summed E-state index contributed by atoms with van der Waals surface area (Å²) in [5.41, 5.74) is -0.0179. The molecule has 2 aliphatic rings. The summed E-state index contributed by atoms with van der Waals surface area (Å²) in [6, 6.07) is 1.95. The Bertz CT molecular complexity index is 430. The summed E-state index contributed by atoms with van der Waals surface area (Å²) >= 11 is 2.02. The lowest BCUT2D eigenvalue weighted by atomic mass is 9.96. The fourth-order valence-corrected chi connectivity index (χ4v) is 3.70. The van der Waals surface area contributed by atoms with Crippen molar-refractivity contribution in [3.63, 3.8) is 0 Å². The van der Waals surface area contributed by atoms with Crippen LogP contribution in [0.25, 0.3) is 0 Å². The summed E-state index contributed by atoms with van der Waals surface area (Å²) in [5.74, 6) is 4.91. The molecule has 1 aliphatic carbocycles. The lowest BCUT2D eigenvalue weighted by Gasteiger charge is -2.35. The molecule has 5 heteroatoms. The fourth-order valence-electron chi connectivity index (χ4n) is 2.46. The van der Waals surface area contributed by atoms with Crippen molar-refractivity contribution < 1.29 is 4.74 Å². The van der Waals surface area contributed by atoms with E-state index < -0.39 is 0 Å². The lowest BCUT2D eigenvalue weighted by Crippen LogP contribution is -2.42. The molecule has 104 valence electrons. The van der Waals surface area contributed by atoms with E-state index in [0.29, 0.717) is 5.92 Å². The highest BCUT2D eigenvalue weighted by Gasteiger charge is 2.32. The van der Waals surface area contributed by atoms with Crippen molar-refractivity contribution in [3.05, 3.63) is 18.1 Å². The van der Waals surface area contributed by atoms with E-state index in [-0.39, 0.29) is 5.60 Å². The minimum absolute atomic E-state index is 0.0179. The van der Waals surface area contributed by atoms with E-state index in [0.717, 1.165) is 31.0 Å². The summed E-state index contributed by atoms with van der Waals surface area (Å²) in [4.78, 5) is 8.95. The molecule has 2 heterocycles. The van der Waals surface area contributed by atoms with Crippen LogP contribution in [0.5, 0.6) is 0 Å². The predicted octanol–water partition coefficient (Wildman–Crippen LogP) is 2.68. The molecule has 0 unspecified atom stereocenters. The summed E-state index contributed by atoms with van der Waals surface area (Å²) < 4.78 is 5.77. The summed E-state index contributed by atoms with van der Waals surface area (Å²) in [7, 11) is 1.83. The Morgan fingerprint density at radius 1 is 1.42 bits per heavy atom. The molecule has 2 fully saturated rings. The smallest absolute Gasteiger partial charge is 0.133 e. The molecule has 0 bridgehead atoms. The van der Waals surface area contributed by atoms with Crippen LogP contribution in [-0.4, -0.2) is 40.7 Å². The SMILES string of the molecule is COC1(CNc2ccnc(C3CC3)n2)CCSCC1. The monoisotopic (exact) mass is 279 g/mol. The van der Waals surface area contributed by atoms with Gasteiger partial charge in [-0.1, -0.05) is 0 Å². The van der Waals surface area contributed by atoms with Gasteiger partial charge in [-0.15, -0.1) is 0 Å². The van der Waals surface area contributed by atoms with Crippen molar-refractivity contribution in [2.75, 3.05) is 30.5 Å². The summed E-state index contributed by atoms with van der Waals surface area (Å²) in [6.45, 7) is 0.838. The molecule has 1 N–H and O–H groups in total. The van der Waals surface area contributed by atoms with Crippen LogP contribution in [0.4, 0.5) is 5.82 Å². The number of hydrogen-bond acceptors (Lipinski definition) is 5. The molecule has 19 heavy (non-hydrogen) atoms. The second-order valence-electron chi connectivity index (χ2n) is 5.43. The van der Waals surface area contributed by atoms with Crippen molar-refractivity contribution in [2.45, 2.75) is 37.2 Å². The van der Waals surface area contributed by atoms with Crippen LogP contribution in [0.15, 0.2) is 12.3 Å². The Kier molecular flexibility index (Phi) is 3.93. The van der Waals surface area contributed by atoms with Gasteiger partial charge in [0.25, 0.3) is 0 Å². The molecule has 0 spiro atoms.